The van der Waals surface area contributed by atoms with E-state index in [0.29, 0.717) is 17.7 Å². The Morgan fingerprint density at radius 3 is 2.52 bits per heavy atom. The fraction of sp³-hybridized carbons (Fsp3) is 0.500. The van der Waals surface area contributed by atoms with Crippen molar-refractivity contribution in [3.8, 4) is 0 Å². The Labute approximate surface area is 119 Å². The van der Waals surface area contributed by atoms with E-state index in [1.807, 2.05) is 6.92 Å². The third-order valence-corrected chi connectivity index (χ3v) is 3.38. The average molecular weight is 304 g/mol. The molecule has 1 aromatic carbocycles. The minimum Gasteiger partial charge on any atom is -0.312 e. The van der Waals surface area contributed by atoms with E-state index in [2.05, 4.69) is 5.32 Å². The minimum atomic E-state index is -4.53. The van der Waals surface area contributed by atoms with Gasteiger partial charge in [-0.15, -0.1) is 0 Å². The monoisotopic (exact) mass is 304 g/mol. The number of carbonyl (C=O) groups excluding carboxylic acids is 1. The third-order valence-electron chi connectivity index (χ3n) is 3.38. The molecule has 2 atom stereocenters. The number of amides is 1. The molecule has 1 aromatic rings. The minimum absolute atomic E-state index is 0.0497. The second-order valence-corrected chi connectivity index (χ2v) is 5.01. The van der Waals surface area contributed by atoms with E-state index in [1.165, 1.54) is 24.3 Å². The molecule has 1 N–H and O–H groups in total. The summed E-state index contributed by atoms with van der Waals surface area (Å²) in [4.78, 5) is 12.8. The standard InChI is InChI=1S/C14H16F4N2O/c1-2-5-11-13(21)20(8-14(16,17)18)12(19-11)9-6-3-4-7-10(9)15/h3-4,6-7,11-12,19H,2,5,8H2,1H3. The molecule has 2 rings (SSSR count). The molecule has 1 aliphatic rings. The summed E-state index contributed by atoms with van der Waals surface area (Å²) in [5.74, 6) is -1.27. The van der Waals surface area contributed by atoms with E-state index >= 15 is 0 Å². The maximum absolute atomic E-state index is 13.8. The molecular weight excluding hydrogens is 288 g/mol. The molecule has 1 heterocycles. The van der Waals surface area contributed by atoms with Crippen LogP contribution in [0.5, 0.6) is 0 Å². The van der Waals surface area contributed by atoms with E-state index < -0.39 is 36.7 Å². The lowest BCUT2D eigenvalue weighted by atomic mass is 10.1. The number of rotatable bonds is 4. The number of hydrogen-bond acceptors (Lipinski definition) is 2. The SMILES string of the molecule is CCCC1NC(c2ccccc2F)N(CC(F)(F)F)C1=O. The Balaban J connectivity index is 2.32. The van der Waals surface area contributed by atoms with Crippen LogP contribution in [-0.4, -0.2) is 29.6 Å². The van der Waals surface area contributed by atoms with Crippen LogP contribution in [0.1, 0.15) is 31.5 Å². The Morgan fingerprint density at radius 1 is 1.29 bits per heavy atom. The van der Waals surface area contributed by atoms with Gasteiger partial charge < -0.3 is 4.90 Å². The Hall–Kier alpha value is -1.63. The van der Waals surface area contributed by atoms with Crippen LogP contribution in [0.4, 0.5) is 17.6 Å². The Bertz CT molecular complexity index is 518. The van der Waals surface area contributed by atoms with Crippen LogP contribution < -0.4 is 5.32 Å². The molecule has 0 spiro atoms. The van der Waals surface area contributed by atoms with Crippen molar-refractivity contribution in [2.45, 2.75) is 38.1 Å². The zero-order valence-corrected chi connectivity index (χ0v) is 11.5. The predicted octanol–water partition coefficient (Wildman–Crippen LogP) is 2.99. The van der Waals surface area contributed by atoms with Gasteiger partial charge in [-0.25, -0.2) is 4.39 Å². The van der Waals surface area contributed by atoms with Crippen molar-refractivity contribution in [3.05, 3.63) is 35.6 Å². The van der Waals surface area contributed by atoms with Crippen molar-refractivity contribution in [3.63, 3.8) is 0 Å². The van der Waals surface area contributed by atoms with Gasteiger partial charge in [0.25, 0.3) is 0 Å². The van der Waals surface area contributed by atoms with Gasteiger partial charge in [0.1, 0.15) is 18.5 Å². The lowest BCUT2D eigenvalue weighted by molar-refractivity contribution is -0.161. The molecule has 0 aliphatic carbocycles. The van der Waals surface area contributed by atoms with Crippen LogP contribution in [0.2, 0.25) is 0 Å². The van der Waals surface area contributed by atoms with Crippen molar-refractivity contribution in [2.24, 2.45) is 0 Å². The Morgan fingerprint density at radius 2 is 1.95 bits per heavy atom. The fourth-order valence-corrected chi connectivity index (χ4v) is 2.49. The zero-order chi connectivity index (χ0) is 15.6. The lowest BCUT2D eigenvalue weighted by Gasteiger charge is -2.25. The highest BCUT2D eigenvalue weighted by Gasteiger charge is 2.45. The zero-order valence-electron chi connectivity index (χ0n) is 11.5. The van der Waals surface area contributed by atoms with Crippen LogP contribution in [0, 0.1) is 5.82 Å². The van der Waals surface area contributed by atoms with Gasteiger partial charge in [0.15, 0.2) is 0 Å². The first-order chi connectivity index (χ1) is 9.83. The third kappa shape index (κ3) is 3.53. The number of benzene rings is 1. The smallest absolute Gasteiger partial charge is 0.312 e. The van der Waals surface area contributed by atoms with Crippen molar-refractivity contribution < 1.29 is 22.4 Å². The van der Waals surface area contributed by atoms with Crippen molar-refractivity contribution in [1.29, 1.82) is 0 Å². The van der Waals surface area contributed by atoms with Gasteiger partial charge in [-0.05, 0) is 12.5 Å². The maximum atomic E-state index is 13.8. The van der Waals surface area contributed by atoms with Gasteiger partial charge in [-0.1, -0.05) is 31.5 Å². The predicted molar refractivity (Wildman–Crippen MR) is 68.7 cm³/mol. The summed E-state index contributed by atoms with van der Waals surface area (Å²) in [7, 11) is 0. The molecule has 0 bridgehead atoms. The molecule has 3 nitrogen and oxygen atoms in total. The highest BCUT2D eigenvalue weighted by atomic mass is 19.4. The summed E-state index contributed by atoms with van der Waals surface area (Å²) in [5, 5.41) is 2.81. The summed E-state index contributed by atoms with van der Waals surface area (Å²) in [6.07, 6.45) is -4.55. The highest BCUT2D eigenvalue weighted by Crippen LogP contribution is 2.31. The van der Waals surface area contributed by atoms with E-state index in [4.69, 9.17) is 0 Å². The van der Waals surface area contributed by atoms with E-state index in [-0.39, 0.29) is 5.56 Å². The molecule has 1 amide bonds. The summed E-state index contributed by atoms with van der Waals surface area (Å²) in [6, 6.07) is 4.83. The molecule has 7 heteroatoms. The Kier molecular flexibility index (Phi) is 4.51. The van der Waals surface area contributed by atoms with Crippen LogP contribution in [0.3, 0.4) is 0 Å². The molecule has 0 aromatic heterocycles. The van der Waals surface area contributed by atoms with Crippen molar-refractivity contribution in [1.82, 2.24) is 10.2 Å². The average Bonchev–Trinajstić information content (AvgIpc) is 2.67. The molecule has 0 radical (unpaired) electrons. The van der Waals surface area contributed by atoms with E-state index in [1.54, 1.807) is 0 Å². The normalized spacial score (nSPS) is 22.9. The number of halogens is 4. The van der Waals surface area contributed by atoms with E-state index in [9.17, 15) is 22.4 Å². The molecule has 1 saturated heterocycles. The quantitative estimate of drug-likeness (QED) is 0.867. The van der Waals surface area contributed by atoms with Gasteiger partial charge in [-0.3, -0.25) is 10.1 Å². The number of hydrogen-bond donors (Lipinski definition) is 1. The van der Waals surface area contributed by atoms with Crippen molar-refractivity contribution >= 4 is 5.91 Å². The first-order valence-corrected chi connectivity index (χ1v) is 6.71. The number of carbonyl (C=O) groups is 1. The summed E-state index contributed by atoms with van der Waals surface area (Å²) in [6.45, 7) is 0.442. The molecule has 1 fully saturated rings. The lowest BCUT2D eigenvalue weighted by Crippen LogP contribution is -2.39. The summed E-state index contributed by atoms with van der Waals surface area (Å²) < 4.78 is 51.8. The molecule has 1 aliphatic heterocycles. The number of nitrogens with one attached hydrogen (secondary N) is 1. The second-order valence-electron chi connectivity index (χ2n) is 5.01. The fourth-order valence-electron chi connectivity index (χ4n) is 2.49. The number of alkyl halides is 3. The highest BCUT2D eigenvalue weighted by molar-refractivity contribution is 5.84. The van der Waals surface area contributed by atoms with Gasteiger partial charge in [-0.2, -0.15) is 13.2 Å². The van der Waals surface area contributed by atoms with Gasteiger partial charge in [0.2, 0.25) is 5.91 Å². The molecule has 21 heavy (non-hydrogen) atoms. The summed E-state index contributed by atoms with van der Waals surface area (Å²) >= 11 is 0. The topological polar surface area (TPSA) is 32.3 Å². The molecular formula is C14H16F4N2O. The molecule has 0 saturated carbocycles. The second kappa shape index (κ2) is 6.01. The summed E-state index contributed by atoms with van der Waals surface area (Å²) in [5.41, 5.74) is 0.0497. The number of nitrogens with zero attached hydrogens (tertiary/aromatic N) is 1. The van der Waals surface area contributed by atoms with Crippen molar-refractivity contribution in [2.75, 3.05) is 6.54 Å². The van der Waals surface area contributed by atoms with Gasteiger partial charge >= 0.3 is 6.18 Å². The van der Waals surface area contributed by atoms with Crippen LogP contribution in [-0.2, 0) is 4.79 Å². The molecule has 116 valence electrons. The van der Waals surface area contributed by atoms with Crippen LogP contribution >= 0.6 is 0 Å². The maximum Gasteiger partial charge on any atom is 0.406 e. The van der Waals surface area contributed by atoms with Gasteiger partial charge in [0.05, 0.1) is 6.04 Å². The van der Waals surface area contributed by atoms with Crippen LogP contribution in [0.25, 0.3) is 0 Å². The van der Waals surface area contributed by atoms with Gasteiger partial charge in [0, 0.05) is 5.56 Å². The van der Waals surface area contributed by atoms with E-state index in [0.717, 1.165) is 0 Å². The molecule has 2 unspecified atom stereocenters. The first kappa shape index (κ1) is 15.8. The largest absolute Gasteiger partial charge is 0.406 e. The van der Waals surface area contributed by atoms with Crippen LogP contribution in [0.15, 0.2) is 24.3 Å². The first-order valence-electron chi connectivity index (χ1n) is 6.71.